The molecule has 3 heterocycles. The number of amides is 1. The first-order chi connectivity index (χ1) is 18.5. The quantitative estimate of drug-likeness (QED) is 0.433. The SMILES string of the molecule is C=CCn1c(N2CCN(C(=O)c3cc(OC)c(OC)c(OC)c3)CC2)nc2cc3c(cc2c1=O)OCCO3. The minimum atomic E-state index is -0.183. The average molecular weight is 523 g/mol. The molecule has 0 radical (unpaired) electrons. The van der Waals surface area contributed by atoms with Gasteiger partial charge in [-0.15, -0.1) is 6.58 Å². The fourth-order valence-corrected chi connectivity index (χ4v) is 4.78. The van der Waals surface area contributed by atoms with Gasteiger partial charge in [0, 0.05) is 44.4 Å². The number of piperazine rings is 1. The van der Waals surface area contributed by atoms with Gasteiger partial charge in [-0.3, -0.25) is 14.2 Å². The molecular formula is C27H30N4O7. The predicted octanol–water partition coefficient (Wildman–Crippen LogP) is 2.34. The van der Waals surface area contributed by atoms with Gasteiger partial charge in [-0.1, -0.05) is 6.08 Å². The Bertz CT molecular complexity index is 1420. The van der Waals surface area contributed by atoms with Crippen molar-refractivity contribution in [3.05, 3.63) is 52.8 Å². The Morgan fingerprint density at radius 2 is 1.61 bits per heavy atom. The van der Waals surface area contributed by atoms with Crippen molar-refractivity contribution in [2.45, 2.75) is 6.54 Å². The zero-order chi connectivity index (χ0) is 26.8. The number of carbonyl (C=O) groups excluding carboxylic acids is 1. The van der Waals surface area contributed by atoms with Crippen molar-refractivity contribution < 1.29 is 28.5 Å². The van der Waals surface area contributed by atoms with E-state index in [1.165, 1.54) is 21.3 Å². The average Bonchev–Trinajstić information content (AvgIpc) is 2.96. The van der Waals surface area contributed by atoms with E-state index in [-0.39, 0.29) is 11.5 Å². The van der Waals surface area contributed by atoms with Gasteiger partial charge in [-0.05, 0) is 18.2 Å². The van der Waals surface area contributed by atoms with E-state index in [4.69, 9.17) is 28.7 Å². The van der Waals surface area contributed by atoms with Crippen LogP contribution in [-0.2, 0) is 6.54 Å². The standard InChI is InChI=1S/C27H30N4O7/c1-5-6-31-26(33)18-15-20-21(38-12-11-37-20)16-19(18)28-27(31)30-9-7-29(8-10-30)25(32)17-13-22(34-2)24(36-4)23(14-17)35-3/h5,13-16H,1,6-12H2,2-4H3. The van der Waals surface area contributed by atoms with Crippen LogP contribution in [0.2, 0.25) is 0 Å². The lowest BCUT2D eigenvalue weighted by Crippen LogP contribution is -2.50. The minimum absolute atomic E-state index is 0.150. The van der Waals surface area contributed by atoms with E-state index >= 15 is 0 Å². The second kappa shape index (κ2) is 10.5. The molecular weight excluding hydrogens is 492 g/mol. The van der Waals surface area contributed by atoms with Gasteiger partial charge in [0.2, 0.25) is 11.7 Å². The number of anilines is 1. The van der Waals surface area contributed by atoms with Gasteiger partial charge in [-0.2, -0.15) is 0 Å². The number of methoxy groups -OCH3 is 3. The van der Waals surface area contributed by atoms with Gasteiger partial charge < -0.3 is 33.5 Å². The smallest absolute Gasteiger partial charge is 0.263 e. The van der Waals surface area contributed by atoms with Gasteiger partial charge >= 0.3 is 0 Å². The van der Waals surface area contributed by atoms with E-state index in [0.29, 0.717) is 97.1 Å². The molecule has 1 fully saturated rings. The number of rotatable bonds is 7. The van der Waals surface area contributed by atoms with E-state index in [1.54, 1.807) is 39.8 Å². The normalized spacial score (nSPS) is 14.8. The van der Waals surface area contributed by atoms with Crippen LogP contribution in [0.4, 0.5) is 5.95 Å². The maximum absolute atomic E-state index is 13.5. The Labute approximate surface area is 219 Å². The highest BCUT2D eigenvalue weighted by atomic mass is 16.6. The summed E-state index contributed by atoms with van der Waals surface area (Å²) in [6.07, 6.45) is 1.67. The highest BCUT2D eigenvalue weighted by Crippen LogP contribution is 2.38. The number of allylic oxidation sites excluding steroid dienone is 1. The lowest BCUT2D eigenvalue weighted by Gasteiger charge is -2.36. The molecule has 2 aliphatic heterocycles. The molecule has 38 heavy (non-hydrogen) atoms. The third kappa shape index (κ3) is 4.44. The maximum atomic E-state index is 13.5. The Morgan fingerprint density at radius 3 is 2.18 bits per heavy atom. The maximum Gasteiger partial charge on any atom is 0.263 e. The molecule has 0 saturated carbocycles. The summed E-state index contributed by atoms with van der Waals surface area (Å²) in [5.74, 6) is 2.75. The number of hydrogen-bond donors (Lipinski definition) is 0. The van der Waals surface area contributed by atoms with Gasteiger partial charge in [0.25, 0.3) is 11.5 Å². The number of fused-ring (bicyclic) bond motifs is 2. The first-order valence-corrected chi connectivity index (χ1v) is 12.3. The molecule has 2 aliphatic rings. The Balaban J connectivity index is 1.41. The zero-order valence-corrected chi connectivity index (χ0v) is 21.7. The van der Waals surface area contributed by atoms with Crippen molar-refractivity contribution in [1.82, 2.24) is 14.5 Å². The fourth-order valence-electron chi connectivity index (χ4n) is 4.78. The summed E-state index contributed by atoms with van der Waals surface area (Å²) in [7, 11) is 4.54. The second-order valence-corrected chi connectivity index (χ2v) is 8.82. The van der Waals surface area contributed by atoms with Crippen LogP contribution in [0.1, 0.15) is 10.4 Å². The molecule has 5 rings (SSSR count). The highest BCUT2D eigenvalue weighted by molar-refractivity contribution is 5.96. The summed E-state index contributed by atoms with van der Waals surface area (Å²) in [5, 5.41) is 0.455. The molecule has 0 unspecified atom stereocenters. The molecule has 11 nitrogen and oxygen atoms in total. The molecule has 0 aliphatic carbocycles. The van der Waals surface area contributed by atoms with Crippen molar-refractivity contribution in [2.75, 3.05) is 65.6 Å². The summed E-state index contributed by atoms with van der Waals surface area (Å²) in [6, 6.07) is 6.73. The molecule has 0 bridgehead atoms. The fraction of sp³-hybridized carbons (Fsp3) is 0.370. The first-order valence-electron chi connectivity index (χ1n) is 12.3. The number of nitrogens with zero attached hydrogens (tertiary/aromatic N) is 4. The van der Waals surface area contributed by atoms with E-state index in [2.05, 4.69) is 6.58 Å². The number of carbonyl (C=O) groups is 1. The summed E-state index contributed by atoms with van der Waals surface area (Å²) in [4.78, 5) is 35.4. The molecule has 2 aromatic carbocycles. The Kier molecular flexibility index (Phi) is 6.99. The summed E-state index contributed by atoms with van der Waals surface area (Å²) >= 11 is 0. The monoisotopic (exact) mass is 522 g/mol. The highest BCUT2D eigenvalue weighted by Gasteiger charge is 2.27. The number of aromatic nitrogens is 2. The van der Waals surface area contributed by atoms with Crippen LogP contribution in [0.15, 0.2) is 41.7 Å². The Morgan fingerprint density at radius 1 is 0.974 bits per heavy atom. The van der Waals surface area contributed by atoms with E-state index in [9.17, 15) is 9.59 Å². The molecule has 200 valence electrons. The largest absolute Gasteiger partial charge is 0.493 e. The van der Waals surface area contributed by atoms with Crippen molar-refractivity contribution in [3.63, 3.8) is 0 Å². The predicted molar refractivity (Wildman–Crippen MR) is 141 cm³/mol. The molecule has 0 atom stereocenters. The van der Waals surface area contributed by atoms with E-state index in [0.717, 1.165) is 0 Å². The second-order valence-electron chi connectivity index (χ2n) is 8.82. The van der Waals surface area contributed by atoms with Crippen LogP contribution in [0.25, 0.3) is 10.9 Å². The van der Waals surface area contributed by atoms with Crippen LogP contribution >= 0.6 is 0 Å². The Hall–Kier alpha value is -4.41. The molecule has 0 N–H and O–H groups in total. The van der Waals surface area contributed by atoms with Crippen molar-refractivity contribution in [3.8, 4) is 28.7 Å². The van der Waals surface area contributed by atoms with Crippen LogP contribution < -0.4 is 34.1 Å². The minimum Gasteiger partial charge on any atom is -0.493 e. The third-order valence-corrected chi connectivity index (χ3v) is 6.67. The van der Waals surface area contributed by atoms with E-state index < -0.39 is 0 Å². The number of hydrogen-bond acceptors (Lipinski definition) is 9. The molecule has 1 saturated heterocycles. The van der Waals surface area contributed by atoms with Gasteiger partial charge in [0.15, 0.2) is 23.0 Å². The van der Waals surface area contributed by atoms with Gasteiger partial charge in [0.1, 0.15) is 13.2 Å². The summed E-state index contributed by atoms with van der Waals surface area (Å²) in [6.45, 7) is 6.87. The van der Waals surface area contributed by atoms with Crippen molar-refractivity contribution in [1.29, 1.82) is 0 Å². The third-order valence-electron chi connectivity index (χ3n) is 6.67. The molecule has 3 aromatic rings. The van der Waals surface area contributed by atoms with Crippen molar-refractivity contribution >= 4 is 22.8 Å². The first kappa shape index (κ1) is 25.2. The van der Waals surface area contributed by atoms with Crippen LogP contribution in [-0.4, -0.2) is 81.1 Å². The molecule has 0 spiro atoms. The number of benzene rings is 2. The topological polar surface area (TPSA) is 105 Å². The molecule has 1 aromatic heterocycles. The molecule has 11 heteroatoms. The molecule has 1 amide bonds. The van der Waals surface area contributed by atoms with Gasteiger partial charge in [0.05, 0.1) is 32.2 Å². The number of ether oxygens (including phenoxy) is 5. The van der Waals surface area contributed by atoms with Crippen LogP contribution in [0, 0.1) is 0 Å². The van der Waals surface area contributed by atoms with Crippen molar-refractivity contribution in [2.24, 2.45) is 0 Å². The lowest BCUT2D eigenvalue weighted by atomic mass is 10.1. The summed E-state index contributed by atoms with van der Waals surface area (Å²) < 4.78 is 29.1. The van der Waals surface area contributed by atoms with Crippen LogP contribution in [0.5, 0.6) is 28.7 Å². The van der Waals surface area contributed by atoms with Crippen LogP contribution in [0.3, 0.4) is 0 Å². The van der Waals surface area contributed by atoms with Gasteiger partial charge in [-0.25, -0.2) is 4.98 Å². The summed E-state index contributed by atoms with van der Waals surface area (Å²) in [5.41, 5.74) is 0.788. The zero-order valence-electron chi connectivity index (χ0n) is 21.7. The van der Waals surface area contributed by atoms with E-state index in [1.807, 2.05) is 4.90 Å². The lowest BCUT2D eigenvalue weighted by molar-refractivity contribution is 0.0745.